The van der Waals surface area contributed by atoms with Crippen molar-refractivity contribution in [3.63, 3.8) is 0 Å². The Morgan fingerprint density at radius 1 is 1.47 bits per heavy atom. The van der Waals surface area contributed by atoms with E-state index in [0.717, 1.165) is 35.4 Å². The summed E-state index contributed by atoms with van der Waals surface area (Å²) in [5.74, 6) is 1.66. The maximum atomic E-state index is 6.00. The molecule has 0 radical (unpaired) electrons. The maximum Gasteiger partial charge on any atom is 0.165 e. The lowest BCUT2D eigenvalue weighted by Crippen LogP contribution is -2.17. The van der Waals surface area contributed by atoms with Crippen LogP contribution in [0.25, 0.3) is 0 Å². The molecule has 94 valence electrons. The molecule has 0 spiro atoms. The van der Waals surface area contributed by atoms with Gasteiger partial charge in [0.05, 0.1) is 19.8 Å². The Balaban J connectivity index is 2.20. The number of ether oxygens (including phenoxy) is 3. The molecule has 1 aromatic rings. The molecule has 1 fully saturated rings. The van der Waals surface area contributed by atoms with E-state index in [1.54, 1.807) is 0 Å². The van der Waals surface area contributed by atoms with Crippen LogP contribution < -0.4 is 9.47 Å². The lowest BCUT2D eigenvalue weighted by Gasteiger charge is -2.18. The van der Waals surface area contributed by atoms with Crippen molar-refractivity contribution in [2.24, 2.45) is 0 Å². The van der Waals surface area contributed by atoms with Gasteiger partial charge in [-0.15, -0.1) is 0 Å². The summed E-state index contributed by atoms with van der Waals surface area (Å²) in [5.41, 5.74) is 1.11. The van der Waals surface area contributed by atoms with E-state index in [0.29, 0.717) is 13.2 Å². The first-order chi connectivity index (χ1) is 8.35. The average molecular weight is 301 g/mol. The van der Waals surface area contributed by atoms with Crippen molar-refractivity contribution in [2.45, 2.75) is 24.8 Å². The van der Waals surface area contributed by atoms with Gasteiger partial charge in [0.2, 0.25) is 0 Å². The van der Waals surface area contributed by atoms with Crippen molar-refractivity contribution in [3.8, 4) is 11.5 Å². The topological polar surface area (TPSA) is 27.7 Å². The quantitative estimate of drug-likeness (QED) is 0.782. The smallest absolute Gasteiger partial charge is 0.165 e. The van der Waals surface area contributed by atoms with Gasteiger partial charge in [-0.1, -0.05) is 28.1 Å². The van der Waals surface area contributed by atoms with Crippen molar-refractivity contribution < 1.29 is 14.2 Å². The molecule has 2 rings (SSSR count). The summed E-state index contributed by atoms with van der Waals surface area (Å²) in [5, 5.41) is 0.761. The van der Waals surface area contributed by atoms with Crippen molar-refractivity contribution >= 4 is 15.9 Å². The highest BCUT2D eigenvalue weighted by atomic mass is 79.9. The average Bonchev–Trinajstić information content (AvgIpc) is 2.84. The first-order valence-electron chi connectivity index (χ1n) is 5.90. The number of rotatable bonds is 5. The maximum absolute atomic E-state index is 6.00. The Labute approximate surface area is 110 Å². The molecule has 0 saturated carbocycles. The molecule has 1 atom stereocenters. The molecule has 0 aliphatic carbocycles. The fourth-order valence-corrected chi connectivity index (χ4v) is 2.28. The van der Waals surface area contributed by atoms with E-state index in [-0.39, 0.29) is 6.10 Å². The van der Waals surface area contributed by atoms with Gasteiger partial charge < -0.3 is 14.2 Å². The molecule has 0 bridgehead atoms. The van der Waals surface area contributed by atoms with Crippen LogP contribution in [0.1, 0.15) is 18.9 Å². The summed E-state index contributed by atoms with van der Waals surface area (Å²) in [6.45, 7) is 4.07. The normalized spacial score (nSPS) is 19.3. The molecule has 3 nitrogen and oxygen atoms in total. The molecule has 0 aromatic heterocycles. The molecule has 1 unspecified atom stereocenters. The third-order valence-corrected chi connectivity index (χ3v) is 3.28. The third kappa shape index (κ3) is 3.13. The van der Waals surface area contributed by atoms with Crippen LogP contribution in [-0.4, -0.2) is 25.9 Å². The second-order valence-electron chi connectivity index (χ2n) is 3.91. The number of para-hydroxylation sites is 1. The molecule has 1 aromatic carbocycles. The van der Waals surface area contributed by atoms with Crippen molar-refractivity contribution in [3.05, 3.63) is 23.8 Å². The molecule has 0 N–H and O–H groups in total. The number of hydrogen-bond donors (Lipinski definition) is 0. The number of hydrogen-bond acceptors (Lipinski definition) is 3. The van der Waals surface area contributed by atoms with Crippen LogP contribution in [0, 0.1) is 0 Å². The number of halogens is 1. The van der Waals surface area contributed by atoms with Gasteiger partial charge in [-0.25, -0.2) is 0 Å². The Morgan fingerprint density at radius 3 is 3.00 bits per heavy atom. The van der Waals surface area contributed by atoms with E-state index in [4.69, 9.17) is 14.2 Å². The summed E-state index contributed by atoms with van der Waals surface area (Å²) >= 11 is 3.48. The Morgan fingerprint density at radius 2 is 2.35 bits per heavy atom. The van der Waals surface area contributed by atoms with E-state index in [1.807, 2.05) is 25.1 Å². The largest absolute Gasteiger partial charge is 0.490 e. The van der Waals surface area contributed by atoms with Gasteiger partial charge in [-0.3, -0.25) is 0 Å². The molecular formula is C13H17BrO3. The van der Waals surface area contributed by atoms with E-state index in [2.05, 4.69) is 15.9 Å². The van der Waals surface area contributed by atoms with Gasteiger partial charge in [0.25, 0.3) is 0 Å². The van der Waals surface area contributed by atoms with Gasteiger partial charge >= 0.3 is 0 Å². The van der Waals surface area contributed by atoms with E-state index >= 15 is 0 Å². The summed E-state index contributed by atoms with van der Waals surface area (Å²) in [6.07, 6.45) is 1.09. The lowest BCUT2D eigenvalue weighted by molar-refractivity contribution is 0.137. The van der Waals surface area contributed by atoms with Crippen molar-refractivity contribution in [1.82, 2.24) is 0 Å². The minimum absolute atomic E-state index is 0.148. The second kappa shape index (κ2) is 6.26. The zero-order chi connectivity index (χ0) is 12.1. The molecule has 4 heteroatoms. The molecule has 1 saturated heterocycles. The van der Waals surface area contributed by atoms with Crippen LogP contribution in [0.15, 0.2) is 18.2 Å². The SMILES string of the molecule is CCOc1cccc(CBr)c1OC1CCOC1. The summed E-state index contributed by atoms with van der Waals surface area (Å²) in [7, 11) is 0. The number of alkyl halides is 1. The Bertz CT molecular complexity index is 362. The highest BCUT2D eigenvalue weighted by Crippen LogP contribution is 2.34. The molecule has 0 amide bonds. The highest BCUT2D eigenvalue weighted by Gasteiger charge is 2.20. The second-order valence-corrected chi connectivity index (χ2v) is 4.48. The summed E-state index contributed by atoms with van der Waals surface area (Å²) in [4.78, 5) is 0. The molecule has 17 heavy (non-hydrogen) atoms. The van der Waals surface area contributed by atoms with Gasteiger partial charge in [0, 0.05) is 17.3 Å². The first kappa shape index (κ1) is 12.7. The Kier molecular flexibility index (Phi) is 4.68. The van der Waals surface area contributed by atoms with E-state index in [9.17, 15) is 0 Å². The fraction of sp³-hybridized carbons (Fsp3) is 0.538. The fourth-order valence-electron chi connectivity index (χ4n) is 1.84. The van der Waals surface area contributed by atoms with Gasteiger partial charge in [-0.05, 0) is 13.0 Å². The lowest BCUT2D eigenvalue weighted by atomic mass is 10.2. The van der Waals surface area contributed by atoms with Crippen LogP contribution in [-0.2, 0) is 10.1 Å². The van der Waals surface area contributed by atoms with Crippen LogP contribution in [0.2, 0.25) is 0 Å². The first-order valence-corrected chi connectivity index (χ1v) is 7.02. The minimum atomic E-state index is 0.148. The van der Waals surface area contributed by atoms with Crippen LogP contribution in [0.3, 0.4) is 0 Å². The number of benzene rings is 1. The highest BCUT2D eigenvalue weighted by molar-refractivity contribution is 9.08. The summed E-state index contributed by atoms with van der Waals surface area (Å²) < 4.78 is 16.9. The van der Waals surface area contributed by atoms with Gasteiger partial charge in [0.1, 0.15) is 6.10 Å². The van der Waals surface area contributed by atoms with Crippen molar-refractivity contribution in [2.75, 3.05) is 19.8 Å². The summed E-state index contributed by atoms with van der Waals surface area (Å²) in [6, 6.07) is 5.98. The predicted molar refractivity (Wildman–Crippen MR) is 70.1 cm³/mol. The van der Waals surface area contributed by atoms with Gasteiger partial charge in [-0.2, -0.15) is 0 Å². The molecular weight excluding hydrogens is 284 g/mol. The Hall–Kier alpha value is -0.740. The molecule has 1 aliphatic heterocycles. The zero-order valence-corrected chi connectivity index (χ0v) is 11.5. The minimum Gasteiger partial charge on any atom is -0.490 e. The van der Waals surface area contributed by atoms with Crippen molar-refractivity contribution in [1.29, 1.82) is 0 Å². The van der Waals surface area contributed by atoms with Crippen LogP contribution in [0.4, 0.5) is 0 Å². The van der Waals surface area contributed by atoms with E-state index in [1.165, 1.54) is 0 Å². The predicted octanol–water partition coefficient (Wildman–Crippen LogP) is 3.15. The van der Waals surface area contributed by atoms with Gasteiger partial charge in [0.15, 0.2) is 11.5 Å². The monoisotopic (exact) mass is 300 g/mol. The van der Waals surface area contributed by atoms with Crippen LogP contribution >= 0.6 is 15.9 Å². The van der Waals surface area contributed by atoms with E-state index < -0.39 is 0 Å². The standard InChI is InChI=1S/C13H17BrO3/c1-2-16-12-5-3-4-10(8-14)13(12)17-11-6-7-15-9-11/h3-5,11H,2,6-9H2,1H3. The van der Waals surface area contributed by atoms with Crippen LogP contribution in [0.5, 0.6) is 11.5 Å². The molecule has 1 heterocycles. The zero-order valence-electron chi connectivity index (χ0n) is 9.95. The molecule has 1 aliphatic rings. The third-order valence-electron chi connectivity index (χ3n) is 2.68.